The number of thiazole rings is 1. The van der Waals surface area contributed by atoms with Crippen LogP contribution in [0.1, 0.15) is 46.6 Å². The number of aromatic nitrogens is 1. The van der Waals surface area contributed by atoms with Crippen LogP contribution >= 0.6 is 11.3 Å². The lowest BCUT2D eigenvalue weighted by Gasteiger charge is -2.33. The summed E-state index contributed by atoms with van der Waals surface area (Å²) in [5, 5.41) is 15.7. The molecule has 0 saturated heterocycles. The fourth-order valence-corrected chi connectivity index (χ4v) is 4.69. The van der Waals surface area contributed by atoms with Crippen molar-refractivity contribution in [3.8, 4) is 17.0 Å². The summed E-state index contributed by atoms with van der Waals surface area (Å²) in [5.74, 6) is 0.322. The van der Waals surface area contributed by atoms with Crippen LogP contribution in [0.3, 0.4) is 0 Å². The number of carbonyl (C=O) groups excluding carboxylic acids is 1. The molecule has 0 unspecified atom stereocenters. The van der Waals surface area contributed by atoms with E-state index >= 15 is 0 Å². The van der Waals surface area contributed by atoms with Crippen molar-refractivity contribution in [1.29, 1.82) is 0 Å². The number of non-ortho nitro benzene ring substituents is 1. The zero-order chi connectivity index (χ0) is 24.2. The lowest BCUT2D eigenvalue weighted by Crippen LogP contribution is -2.24. The van der Waals surface area contributed by atoms with Crippen molar-refractivity contribution in [2.24, 2.45) is 5.41 Å². The standard InChI is InChI=1S/C25H29N3O4S/c1-24(2,3)16-25(4,5)18-8-12-20(13-9-18)32-14-22(29)27-23-26-21(15-33-23)17-6-10-19(11-7-17)28(30)31/h6-13,15H,14,16H2,1-5H3,(H,26,27,29). The van der Waals surface area contributed by atoms with E-state index < -0.39 is 4.92 Å². The molecule has 0 fully saturated rings. The number of hydrogen-bond donors (Lipinski definition) is 1. The number of nitrogens with one attached hydrogen (secondary N) is 1. The molecule has 1 heterocycles. The van der Waals surface area contributed by atoms with Crippen molar-refractivity contribution in [3.05, 3.63) is 69.6 Å². The molecule has 1 N–H and O–H groups in total. The largest absolute Gasteiger partial charge is 0.484 e. The van der Waals surface area contributed by atoms with Gasteiger partial charge >= 0.3 is 0 Å². The summed E-state index contributed by atoms with van der Waals surface area (Å²) in [6.45, 7) is 11.1. The topological polar surface area (TPSA) is 94.4 Å². The van der Waals surface area contributed by atoms with Gasteiger partial charge in [-0.05, 0) is 47.1 Å². The maximum atomic E-state index is 12.3. The van der Waals surface area contributed by atoms with E-state index in [1.54, 1.807) is 17.5 Å². The van der Waals surface area contributed by atoms with Gasteiger partial charge in [-0.15, -0.1) is 11.3 Å². The first-order chi connectivity index (χ1) is 15.4. The van der Waals surface area contributed by atoms with E-state index in [2.05, 4.69) is 57.1 Å². The van der Waals surface area contributed by atoms with E-state index in [9.17, 15) is 14.9 Å². The lowest BCUT2D eigenvalue weighted by atomic mass is 9.72. The number of nitrogens with zero attached hydrogens (tertiary/aromatic N) is 2. The molecule has 3 rings (SSSR count). The fraction of sp³-hybridized carbons (Fsp3) is 0.360. The highest BCUT2D eigenvalue weighted by Gasteiger charge is 2.27. The van der Waals surface area contributed by atoms with Crippen LogP contribution in [0.5, 0.6) is 5.75 Å². The highest BCUT2D eigenvalue weighted by Crippen LogP contribution is 2.36. The fourth-order valence-electron chi connectivity index (χ4n) is 3.95. The van der Waals surface area contributed by atoms with E-state index in [-0.39, 0.29) is 29.0 Å². The molecule has 2 aromatic carbocycles. The molecule has 0 saturated carbocycles. The van der Waals surface area contributed by atoms with Gasteiger partial charge in [0.15, 0.2) is 11.7 Å². The molecular weight excluding hydrogens is 438 g/mol. The monoisotopic (exact) mass is 467 g/mol. The van der Waals surface area contributed by atoms with E-state index in [1.807, 2.05) is 12.1 Å². The Morgan fingerprint density at radius 2 is 1.70 bits per heavy atom. The maximum Gasteiger partial charge on any atom is 0.269 e. The molecule has 0 aliphatic carbocycles. The molecule has 0 aliphatic rings. The molecule has 0 radical (unpaired) electrons. The normalized spacial score (nSPS) is 11.8. The number of anilines is 1. The number of hydrogen-bond acceptors (Lipinski definition) is 6. The van der Waals surface area contributed by atoms with Gasteiger partial charge in [0.05, 0.1) is 10.6 Å². The third-order valence-electron chi connectivity index (χ3n) is 5.10. The average molecular weight is 468 g/mol. The van der Waals surface area contributed by atoms with Crippen LogP contribution in [0.4, 0.5) is 10.8 Å². The predicted octanol–water partition coefficient (Wildman–Crippen LogP) is 6.45. The Morgan fingerprint density at radius 3 is 2.27 bits per heavy atom. The number of amides is 1. The van der Waals surface area contributed by atoms with E-state index in [0.29, 0.717) is 16.6 Å². The molecule has 0 aliphatic heterocycles. The van der Waals surface area contributed by atoms with Crippen LogP contribution in [0.15, 0.2) is 53.9 Å². The SMILES string of the molecule is CC(C)(C)CC(C)(C)c1ccc(OCC(=O)Nc2nc(-c3ccc([N+](=O)[O-])cc3)cs2)cc1. The van der Waals surface area contributed by atoms with Gasteiger partial charge in [-0.2, -0.15) is 0 Å². The predicted molar refractivity (Wildman–Crippen MR) is 132 cm³/mol. The van der Waals surface area contributed by atoms with Crippen molar-refractivity contribution >= 4 is 28.1 Å². The minimum Gasteiger partial charge on any atom is -0.484 e. The number of nitro groups is 1. The van der Waals surface area contributed by atoms with Gasteiger partial charge in [0.2, 0.25) is 0 Å². The Kier molecular flexibility index (Phi) is 7.17. The molecular formula is C25H29N3O4S. The summed E-state index contributed by atoms with van der Waals surface area (Å²) < 4.78 is 5.64. The molecule has 8 heteroatoms. The van der Waals surface area contributed by atoms with Crippen LogP contribution in [-0.4, -0.2) is 22.4 Å². The van der Waals surface area contributed by atoms with Crippen LogP contribution in [-0.2, 0) is 10.2 Å². The number of benzene rings is 2. The quantitative estimate of drug-likeness (QED) is 0.303. The Balaban J connectivity index is 1.54. The zero-order valence-corrected chi connectivity index (χ0v) is 20.4. The average Bonchev–Trinajstić information content (AvgIpc) is 3.19. The minimum absolute atomic E-state index is 0.0189. The van der Waals surface area contributed by atoms with Crippen LogP contribution in [0, 0.1) is 15.5 Å². The number of rotatable bonds is 8. The Morgan fingerprint density at radius 1 is 1.06 bits per heavy atom. The lowest BCUT2D eigenvalue weighted by molar-refractivity contribution is -0.384. The van der Waals surface area contributed by atoms with Gasteiger partial charge in [0.25, 0.3) is 11.6 Å². The number of ether oxygens (including phenoxy) is 1. The van der Waals surface area contributed by atoms with Gasteiger partial charge in [-0.3, -0.25) is 20.2 Å². The van der Waals surface area contributed by atoms with Gasteiger partial charge < -0.3 is 4.74 Å². The van der Waals surface area contributed by atoms with Gasteiger partial charge in [-0.1, -0.05) is 46.8 Å². The molecule has 1 amide bonds. The minimum atomic E-state index is -0.448. The third kappa shape index (κ3) is 6.86. The second-order valence-corrected chi connectivity index (χ2v) is 10.7. The summed E-state index contributed by atoms with van der Waals surface area (Å²) in [6.07, 6.45) is 1.05. The van der Waals surface area contributed by atoms with Crippen molar-refractivity contribution < 1.29 is 14.5 Å². The van der Waals surface area contributed by atoms with E-state index in [0.717, 1.165) is 12.0 Å². The summed E-state index contributed by atoms with van der Waals surface area (Å²) in [6, 6.07) is 14.0. The number of nitro benzene ring substituents is 1. The van der Waals surface area contributed by atoms with Crippen molar-refractivity contribution in [1.82, 2.24) is 4.98 Å². The van der Waals surface area contributed by atoms with Crippen molar-refractivity contribution in [2.75, 3.05) is 11.9 Å². The van der Waals surface area contributed by atoms with E-state index in [4.69, 9.17) is 4.74 Å². The highest BCUT2D eigenvalue weighted by molar-refractivity contribution is 7.14. The van der Waals surface area contributed by atoms with Gasteiger partial charge in [0, 0.05) is 23.1 Å². The Hall–Kier alpha value is -3.26. The molecule has 0 bridgehead atoms. The summed E-state index contributed by atoms with van der Waals surface area (Å²) >= 11 is 1.28. The first kappa shape index (κ1) is 24.4. The van der Waals surface area contributed by atoms with Gasteiger partial charge in [-0.25, -0.2) is 4.98 Å². The smallest absolute Gasteiger partial charge is 0.269 e. The second kappa shape index (κ2) is 9.70. The maximum absolute atomic E-state index is 12.3. The van der Waals surface area contributed by atoms with Crippen molar-refractivity contribution in [2.45, 2.75) is 46.5 Å². The second-order valence-electron chi connectivity index (χ2n) is 9.82. The summed E-state index contributed by atoms with van der Waals surface area (Å²) in [4.78, 5) is 27.0. The third-order valence-corrected chi connectivity index (χ3v) is 5.86. The van der Waals surface area contributed by atoms with Crippen molar-refractivity contribution in [3.63, 3.8) is 0 Å². The first-order valence-corrected chi connectivity index (χ1v) is 11.5. The van der Waals surface area contributed by atoms with Crippen LogP contribution < -0.4 is 10.1 Å². The Bertz CT molecular complexity index is 1110. The highest BCUT2D eigenvalue weighted by atomic mass is 32.1. The molecule has 174 valence electrons. The first-order valence-electron chi connectivity index (χ1n) is 10.7. The molecule has 33 heavy (non-hydrogen) atoms. The molecule has 7 nitrogen and oxygen atoms in total. The summed E-state index contributed by atoms with van der Waals surface area (Å²) in [5.41, 5.74) is 2.90. The zero-order valence-electron chi connectivity index (χ0n) is 19.5. The van der Waals surface area contributed by atoms with Gasteiger partial charge in [0.1, 0.15) is 5.75 Å². The molecule has 3 aromatic rings. The molecule has 1 aromatic heterocycles. The summed E-state index contributed by atoms with van der Waals surface area (Å²) in [7, 11) is 0. The van der Waals surface area contributed by atoms with Crippen LogP contribution in [0.25, 0.3) is 11.3 Å². The number of carbonyl (C=O) groups is 1. The Labute approximate surface area is 198 Å². The van der Waals surface area contributed by atoms with E-state index in [1.165, 1.54) is 29.0 Å². The van der Waals surface area contributed by atoms with Crippen LogP contribution in [0.2, 0.25) is 0 Å². The molecule has 0 atom stereocenters. The molecule has 0 spiro atoms.